The van der Waals surface area contributed by atoms with Gasteiger partial charge in [-0.15, -0.1) is 0 Å². The smallest absolute Gasteiger partial charge is 0.196 e. The zero-order valence-corrected chi connectivity index (χ0v) is 8.00. The van der Waals surface area contributed by atoms with Crippen LogP contribution in [0.1, 0.15) is 25.7 Å². The van der Waals surface area contributed by atoms with E-state index in [0.717, 1.165) is 12.8 Å². The van der Waals surface area contributed by atoms with E-state index < -0.39 is 6.57 Å². The maximum absolute atomic E-state index is 9.53. The lowest BCUT2D eigenvalue weighted by atomic mass is 9.92. The Bertz CT molecular complexity index is 193. The summed E-state index contributed by atoms with van der Waals surface area (Å²) in [6.07, 6.45) is 4.86. The lowest BCUT2D eigenvalue weighted by Gasteiger charge is -2.22. The van der Waals surface area contributed by atoms with Gasteiger partial charge in [-0.05, 0) is 24.6 Å². The summed E-state index contributed by atoms with van der Waals surface area (Å²) < 4.78 is 0. The summed E-state index contributed by atoms with van der Waals surface area (Å²) >= 11 is 4.97. The quantitative estimate of drug-likeness (QED) is 0.494. The summed E-state index contributed by atoms with van der Waals surface area (Å²) in [6, 6.07) is 0.888. The van der Waals surface area contributed by atoms with E-state index >= 15 is 0 Å². The molecular formula is C6H13N2OPS. The van der Waals surface area contributed by atoms with Crippen LogP contribution in [0.5, 0.6) is 0 Å². The maximum Gasteiger partial charge on any atom is 0.196 e. The lowest BCUT2D eigenvalue weighted by molar-refractivity contribution is 0.374. The summed E-state index contributed by atoms with van der Waals surface area (Å²) in [7, 11) is 0. The van der Waals surface area contributed by atoms with E-state index in [1.54, 1.807) is 0 Å². The van der Waals surface area contributed by atoms with Crippen molar-refractivity contribution in [1.29, 1.82) is 0 Å². The van der Waals surface area contributed by atoms with Crippen molar-refractivity contribution in [2.45, 2.75) is 37.8 Å². The summed E-state index contributed by atoms with van der Waals surface area (Å²) in [5.41, 5.74) is 0. The van der Waals surface area contributed by atoms with Crippen LogP contribution in [0.3, 0.4) is 0 Å². The van der Waals surface area contributed by atoms with Gasteiger partial charge in [0.2, 0.25) is 0 Å². The highest BCUT2D eigenvalue weighted by Crippen LogP contribution is 2.42. The van der Waals surface area contributed by atoms with E-state index in [0.29, 0.717) is 12.1 Å². The van der Waals surface area contributed by atoms with Crippen molar-refractivity contribution >= 4 is 18.4 Å². The molecule has 2 atom stereocenters. The molecule has 0 bridgehead atoms. The molecule has 0 aromatic heterocycles. The number of hydrogen-bond donors (Lipinski definition) is 3. The molecule has 0 aromatic carbocycles. The fourth-order valence-corrected chi connectivity index (χ4v) is 4.33. The summed E-state index contributed by atoms with van der Waals surface area (Å²) in [6.45, 7) is -2.32. The summed E-state index contributed by atoms with van der Waals surface area (Å²) in [5.74, 6) is 0. The number of hydrogen-bond acceptors (Lipinski definition) is 1. The van der Waals surface area contributed by atoms with Gasteiger partial charge in [0.1, 0.15) is 0 Å². The molecule has 64 valence electrons. The Kier molecular flexibility index (Phi) is 2.06. The Morgan fingerprint density at radius 3 is 2.09 bits per heavy atom. The molecule has 1 saturated carbocycles. The van der Waals surface area contributed by atoms with Crippen LogP contribution in [0.25, 0.3) is 0 Å². The van der Waals surface area contributed by atoms with Gasteiger partial charge in [0, 0.05) is 12.1 Å². The Morgan fingerprint density at radius 2 is 1.64 bits per heavy atom. The molecule has 2 aliphatic rings. The van der Waals surface area contributed by atoms with Crippen LogP contribution in [0, 0.1) is 0 Å². The first-order valence-electron chi connectivity index (χ1n) is 4.06. The SMILES string of the molecule is OP1(=S)NC2CCCCC2N1. The molecular weight excluding hydrogens is 179 g/mol. The molecule has 2 rings (SSSR count). The second-order valence-corrected chi connectivity index (χ2v) is 6.59. The molecule has 1 saturated heterocycles. The van der Waals surface area contributed by atoms with Crippen molar-refractivity contribution in [1.82, 2.24) is 10.2 Å². The molecule has 3 N–H and O–H groups in total. The second kappa shape index (κ2) is 2.79. The molecule has 5 heteroatoms. The van der Waals surface area contributed by atoms with Crippen LogP contribution in [0.2, 0.25) is 0 Å². The van der Waals surface area contributed by atoms with E-state index in [9.17, 15) is 4.89 Å². The summed E-state index contributed by atoms with van der Waals surface area (Å²) in [4.78, 5) is 9.53. The first kappa shape index (κ1) is 8.14. The van der Waals surface area contributed by atoms with Gasteiger partial charge in [0.25, 0.3) is 0 Å². The molecule has 2 unspecified atom stereocenters. The Labute approximate surface area is 71.8 Å². The van der Waals surface area contributed by atoms with Crippen molar-refractivity contribution in [2.24, 2.45) is 0 Å². The normalized spacial score (nSPS) is 50.6. The van der Waals surface area contributed by atoms with Crippen LogP contribution in [0.15, 0.2) is 0 Å². The van der Waals surface area contributed by atoms with Gasteiger partial charge in [-0.3, -0.25) is 10.2 Å². The van der Waals surface area contributed by atoms with Crippen LogP contribution >= 0.6 is 6.57 Å². The van der Waals surface area contributed by atoms with Crippen LogP contribution in [-0.2, 0) is 11.8 Å². The van der Waals surface area contributed by atoms with E-state index in [2.05, 4.69) is 10.2 Å². The molecule has 1 aliphatic carbocycles. The van der Waals surface area contributed by atoms with E-state index in [1.165, 1.54) is 12.8 Å². The predicted octanol–water partition coefficient (Wildman–Crippen LogP) is 0.707. The van der Waals surface area contributed by atoms with Crippen molar-refractivity contribution in [3.63, 3.8) is 0 Å². The van der Waals surface area contributed by atoms with Crippen molar-refractivity contribution < 1.29 is 4.89 Å². The molecule has 2 fully saturated rings. The molecule has 1 heterocycles. The molecule has 3 nitrogen and oxygen atoms in total. The van der Waals surface area contributed by atoms with Gasteiger partial charge in [0.15, 0.2) is 6.57 Å². The Hall–Kier alpha value is 0.530. The standard InChI is InChI=1S/C6H13N2OPS/c9-10(11)7-5-3-1-2-4-6(5)8-10/h5-6H,1-4H2,(H3,7,8,9,11). The molecule has 0 amide bonds. The third kappa shape index (κ3) is 1.65. The molecule has 11 heavy (non-hydrogen) atoms. The highest BCUT2D eigenvalue weighted by atomic mass is 32.4. The van der Waals surface area contributed by atoms with Crippen molar-refractivity contribution in [2.75, 3.05) is 0 Å². The number of fused-ring (bicyclic) bond motifs is 1. The molecule has 0 aromatic rings. The lowest BCUT2D eigenvalue weighted by Crippen LogP contribution is -2.36. The monoisotopic (exact) mass is 192 g/mol. The fraction of sp³-hybridized carbons (Fsp3) is 1.00. The van der Waals surface area contributed by atoms with E-state index in [4.69, 9.17) is 11.8 Å². The van der Waals surface area contributed by atoms with Gasteiger partial charge in [-0.1, -0.05) is 12.8 Å². The van der Waals surface area contributed by atoms with Gasteiger partial charge in [-0.25, -0.2) is 0 Å². The topological polar surface area (TPSA) is 44.3 Å². The molecule has 1 aliphatic heterocycles. The first-order valence-corrected chi connectivity index (χ1v) is 6.81. The Morgan fingerprint density at radius 1 is 1.18 bits per heavy atom. The molecule has 0 spiro atoms. The van der Waals surface area contributed by atoms with Crippen molar-refractivity contribution in [3.8, 4) is 0 Å². The fourth-order valence-electron chi connectivity index (χ4n) is 1.93. The average molecular weight is 192 g/mol. The third-order valence-electron chi connectivity index (χ3n) is 2.45. The van der Waals surface area contributed by atoms with Gasteiger partial charge < -0.3 is 4.89 Å². The van der Waals surface area contributed by atoms with Gasteiger partial charge >= 0.3 is 0 Å². The van der Waals surface area contributed by atoms with Crippen LogP contribution in [0.4, 0.5) is 0 Å². The van der Waals surface area contributed by atoms with E-state index in [1.807, 2.05) is 0 Å². The largest absolute Gasteiger partial charge is 0.343 e. The minimum Gasteiger partial charge on any atom is -0.343 e. The molecule has 0 radical (unpaired) electrons. The van der Waals surface area contributed by atoms with E-state index in [-0.39, 0.29) is 0 Å². The van der Waals surface area contributed by atoms with Crippen LogP contribution < -0.4 is 10.2 Å². The highest BCUT2D eigenvalue weighted by Gasteiger charge is 2.37. The predicted molar refractivity (Wildman–Crippen MR) is 48.8 cm³/mol. The van der Waals surface area contributed by atoms with Gasteiger partial charge in [-0.2, -0.15) is 0 Å². The van der Waals surface area contributed by atoms with Crippen molar-refractivity contribution in [3.05, 3.63) is 0 Å². The third-order valence-corrected chi connectivity index (χ3v) is 4.44. The number of rotatable bonds is 0. The zero-order chi connectivity index (χ0) is 7.90. The maximum atomic E-state index is 9.53. The van der Waals surface area contributed by atoms with Gasteiger partial charge in [0.05, 0.1) is 0 Å². The Balaban J connectivity index is 2.09. The zero-order valence-electron chi connectivity index (χ0n) is 6.29. The summed E-state index contributed by atoms with van der Waals surface area (Å²) in [5, 5.41) is 6.20. The minimum absolute atomic E-state index is 0.444. The minimum atomic E-state index is -2.32. The second-order valence-electron chi connectivity index (χ2n) is 3.33. The average Bonchev–Trinajstić information content (AvgIpc) is 2.21. The van der Waals surface area contributed by atoms with Crippen LogP contribution in [-0.4, -0.2) is 17.0 Å². The highest BCUT2D eigenvalue weighted by molar-refractivity contribution is 8.10. The number of nitrogens with one attached hydrogen (secondary N) is 2. The first-order chi connectivity index (χ1) is 5.17.